The van der Waals surface area contributed by atoms with E-state index >= 15 is 0 Å². The number of carboxylic acids is 3. The van der Waals surface area contributed by atoms with Crippen molar-refractivity contribution in [3.8, 4) is 11.5 Å². The van der Waals surface area contributed by atoms with E-state index in [0.29, 0.717) is 18.5 Å². The third kappa shape index (κ3) is 11.9. The number of carbonyl (C=O) groups is 4. The van der Waals surface area contributed by atoms with E-state index in [-0.39, 0.29) is 17.5 Å². The average molecular weight is 521 g/mol. The quantitative estimate of drug-likeness (QED) is 0.141. The van der Waals surface area contributed by atoms with Gasteiger partial charge in [0.15, 0.2) is 0 Å². The number of aromatic hydroxyl groups is 1. The fraction of sp³-hybridized carbons (Fsp3) is 0.360. The van der Waals surface area contributed by atoms with Crippen molar-refractivity contribution in [2.45, 2.75) is 38.3 Å². The van der Waals surface area contributed by atoms with Gasteiger partial charge in [0.05, 0.1) is 37.7 Å². The number of benzene rings is 2. The predicted octanol–water partition coefficient (Wildman–Crippen LogP) is 1.86. The molecule has 0 aliphatic carbocycles. The molecule has 2 rings (SSSR count). The van der Waals surface area contributed by atoms with Crippen molar-refractivity contribution in [3.63, 3.8) is 0 Å². The second kappa shape index (κ2) is 15.8. The van der Waals surface area contributed by atoms with Gasteiger partial charge in [0.1, 0.15) is 11.5 Å². The first-order chi connectivity index (χ1) is 17.5. The van der Waals surface area contributed by atoms with Gasteiger partial charge in [-0.3, -0.25) is 19.2 Å². The third-order valence-electron chi connectivity index (χ3n) is 5.17. The van der Waals surface area contributed by atoms with Gasteiger partial charge in [-0.1, -0.05) is 18.2 Å². The van der Waals surface area contributed by atoms with Gasteiger partial charge in [-0.25, -0.2) is 0 Å². The zero-order chi connectivity index (χ0) is 28.0. The van der Waals surface area contributed by atoms with Crippen LogP contribution in [0.1, 0.15) is 37.0 Å². The number of aliphatic hydroxyl groups is 1. The molecule has 7 N–H and O–H groups in total. The summed E-state index contributed by atoms with van der Waals surface area (Å²) in [5.74, 6) is -4.59. The summed E-state index contributed by atoms with van der Waals surface area (Å²) in [5, 5.41) is 50.4. The first-order valence-corrected chi connectivity index (χ1v) is 11.2. The molecule has 0 radical (unpaired) electrons. The second-order valence-corrected chi connectivity index (χ2v) is 8.15. The van der Waals surface area contributed by atoms with Crippen molar-refractivity contribution in [2.24, 2.45) is 5.92 Å². The van der Waals surface area contributed by atoms with Crippen LogP contribution in [0, 0.1) is 5.92 Å². The molecule has 12 heteroatoms. The number of rotatable bonds is 14. The minimum atomic E-state index is -1.40. The van der Waals surface area contributed by atoms with Crippen LogP contribution >= 0.6 is 0 Å². The normalized spacial score (nSPS) is 12.0. The van der Waals surface area contributed by atoms with E-state index in [1.807, 2.05) is 31.2 Å². The molecule has 2 aromatic carbocycles. The zero-order valence-electron chi connectivity index (χ0n) is 20.5. The molecule has 0 aliphatic heterocycles. The summed E-state index contributed by atoms with van der Waals surface area (Å²) < 4.78 is 5.14. The molecule has 2 aromatic rings. The summed E-state index contributed by atoms with van der Waals surface area (Å²) in [5.41, 5.74) is 2.07. The Kier molecular flexibility index (Phi) is 13.1. The van der Waals surface area contributed by atoms with Crippen molar-refractivity contribution in [3.05, 3.63) is 53.6 Å². The summed E-state index contributed by atoms with van der Waals surface area (Å²) in [6.07, 6.45) is -0.764. The van der Waals surface area contributed by atoms with Crippen molar-refractivity contribution < 1.29 is 49.4 Å². The summed E-state index contributed by atoms with van der Waals surface area (Å²) in [6, 6.07) is 12.7. The molecular weight excluding hydrogens is 488 g/mol. The molecule has 2 unspecified atom stereocenters. The van der Waals surface area contributed by atoms with Crippen LogP contribution < -0.4 is 15.4 Å². The van der Waals surface area contributed by atoms with Gasteiger partial charge in [-0.15, -0.1) is 0 Å². The molecule has 12 nitrogen and oxygen atoms in total. The zero-order valence-corrected chi connectivity index (χ0v) is 20.5. The highest BCUT2D eigenvalue weighted by Gasteiger charge is 2.23. The van der Waals surface area contributed by atoms with Crippen LogP contribution in [0.2, 0.25) is 0 Å². The molecule has 0 fully saturated rings. The first-order valence-electron chi connectivity index (χ1n) is 11.2. The monoisotopic (exact) mass is 520 g/mol. The number of hydrogen-bond donors (Lipinski definition) is 7. The fourth-order valence-corrected chi connectivity index (χ4v) is 3.23. The molecule has 0 aliphatic rings. The Hall–Kier alpha value is -4.16. The highest BCUT2D eigenvalue weighted by Crippen LogP contribution is 2.26. The number of amides is 1. The molecular formula is C25H32N2O10. The van der Waals surface area contributed by atoms with E-state index in [1.165, 1.54) is 11.6 Å². The summed E-state index contributed by atoms with van der Waals surface area (Å²) in [6.45, 7) is 2.41. The van der Waals surface area contributed by atoms with Crippen LogP contribution in [0.25, 0.3) is 0 Å². The van der Waals surface area contributed by atoms with Crippen LogP contribution in [-0.2, 0) is 25.6 Å². The highest BCUT2D eigenvalue weighted by atomic mass is 16.5. The van der Waals surface area contributed by atoms with Crippen LogP contribution in [-0.4, -0.2) is 69.5 Å². The molecule has 37 heavy (non-hydrogen) atoms. The maximum absolute atomic E-state index is 10.5. The number of carbonyl (C=O) groups excluding carboxylic acids is 1. The summed E-state index contributed by atoms with van der Waals surface area (Å²) >= 11 is 0. The maximum atomic E-state index is 10.5. The predicted molar refractivity (Wildman–Crippen MR) is 133 cm³/mol. The lowest BCUT2D eigenvalue weighted by atomic mass is 10.0. The number of nitrogens with one attached hydrogen (secondary N) is 2. The maximum Gasteiger partial charge on any atom is 0.307 e. The van der Waals surface area contributed by atoms with Gasteiger partial charge < -0.3 is 40.9 Å². The van der Waals surface area contributed by atoms with Crippen LogP contribution in [0.5, 0.6) is 11.5 Å². The molecule has 0 saturated heterocycles. The number of anilines is 1. The number of aliphatic carboxylic acids is 3. The van der Waals surface area contributed by atoms with Crippen LogP contribution in [0.15, 0.2) is 42.5 Å². The van der Waals surface area contributed by atoms with E-state index < -0.39 is 42.8 Å². The molecule has 0 heterocycles. The van der Waals surface area contributed by atoms with Gasteiger partial charge in [0.2, 0.25) is 6.41 Å². The van der Waals surface area contributed by atoms with Crippen molar-refractivity contribution in [1.29, 1.82) is 0 Å². The Morgan fingerprint density at radius 3 is 2.08 bits per heavy atom. The Morgan fingerprint density at radius 2 is 1.59 bits per heavy atom. The van der Waals surface area contributed by atoms with Gasteiger partial charge in [0.25, 0.3) is 0 Å². The summed E-state index contributed by atoms with van der Waals surface area (Å²) in [7, 11) is 1.64. The number of phenolic OH excluding ortho intramolecular Hbond substituents is 1. The highest BCUT2D eigenvalue weighted by molar-refractivity contribution is 5.82. The first kappa shape index (κ1) is 30.9. The standard InChI is InChI=1S/C19H24N2O4.C6H8O6/c1-13(9-14-3-6-16(25-2)7-4-14)20-11-19(24)15-5-8-18(23)17(10-15)21-12-22;7-4(8)1-3(6(11)12)2-5(9)10/h3-8,10,12-13,19-20,23-24H,9,11H2,1-2H3,(H,21,22);3H,1-2H2,(H,7,8)(H,9,10)(H,11,12). The molecule has 0 saturated carbocycles. The molecule has 0 spiro atoms. The SMILES string of the molecule is COc1ccc(CC(C)NCC(O)c2ccc(O)c(NC=O)c2)cc1.O=C(O)CC(CC(=O)O)C(=O)O. The van der Waals surface area contributed by atoms with Gasteiger partial charge in [0, 0.05) is 12.6 Å². The third-order valence-corrected chi connectivity index (χ3v) is 5.17. The van der Waals surface area contributed by atoms with Crippen molar-refractivity contribution in [1.82, 2.24) is 5.32 Å². The van der Waals surface area contributed by atoms with Crippen LogP contribution in [0.4, 0.5) is 5.69 Å². The minimum absolute atomic E-state index is 0.0381. The van der Waals surface area contributed by atoms with Gasteiger partial charge in [-0.2, -0.15) is 0 Å². The molecule has 1 amide bonds. The Balaban J connectivity index is 0.000000482. The number of ether oxygens (including phenoxy) is 1. The number of phenols is 1. The van der Waals surface area contributed by atoms with E-state index in [0.717, 1.165) is 12.2 Å². The largest absolute Gasteiger partial charge is 0.506 e. The molecule has 0 bridgehead atoms. The average Bonchev–Trinajstić information content (AvgIpc) is 2.84. The fourth-order valence-electron chi connectivity index (χ4n) is 3.23. The Morgan fingerprint density at radius 1 is 1.00 bits per heavy atom. The van der Waals surface area contributed by atoms with Crippen LogP contribution in [0.3, 0.4) is 0 Å². The summed E-state index contributed by atoms with van der Waals surface area (Å²) in [4.78, 5) is 40.9. The van der Waals surface area contributed by atoms with E-state index in [2.05, 4.69) is 10.6 Å². The molecule has 0 aromatic heterocycles. The smallest absolute Gasteiger partial charge is 0.307 e. The lowest BCUT2D eigenvalue weighted by Gasteiger charge is -2.18. The topological polar surface area (TPSA) is 203 Å². The Bertz CT molecular complexity index is 1030. The second-order valence-electron chi connectivity index (χ2n) is 8.15. The van der Waals surface area contributed by atoms with E-state index in [4.69, 9.17) is 20.1 Å². The number of methoxy groups -OCH3 is 1. The lowest BCUT2D eigenvalue weighted by Crippen LogP contribution is -2.32. The Labute approximate surface area is 213 Å². The molecule has 202 valence electrons. The van der Waals surface area contributed by atoms with E-state index in [1.54, 1.807) is 19.2 Å². The van der Waals surface area contributed by atoms with E-state index in [9.17, 15) is 29.4 Å². The minimum Gasteiger partial charge on any atom is -0.506 e. The van der Waals surface area contributed by atoms with Crippen molar-refractivity contribution >= 4 is 30.0 Å². The van der Waals surface area contributed by atoms with Gasteiger partial charge >= 0.3 is 17.9 Å². The number of aliphatic hydroxyl groups excluding tert-OH is 1. The number of hydrogen-bond acceptors (Lipinski definition) is 8. The van der Waals surface area contributed by atoms with Crippen molar-refractivity contribution in [2.75, 3.05) is 19.0 Å². The molecule has 2 atom stereocenters. The van der Waals surface area contributed by atoms with Gasteiger partial charge in [-0.05, 0) is 48.7 Å². The lowest BCUT2D eigenvalue weighted by molar-refractivity contribution is -0.152. The number of carboxylic acid groups (broad SMARTS) is 3.